The standard InChI is InChI=1S/C16H14O4/c1-19-13-8-7-11(17)16-15(13)12(18)9-14(20-16)10-5-3-2-4-6-10/h2-8,14,17H,9H2,1H3. The SMILES string of the molecule is COc1ccc(O)c2c1C(=O)CC(c1ccccc1)O2. The monoisotopic (exact) mass is 270 g/mol. The number of carbonyl (C=O) groups excluding carboxylic acids is 1. The number of phenols is 1. The number of ether oxygens (including phenoxy) is 2. The van der Waals surface area contributed by atoms with Gasteiger partial charge in [-0.05, 0) is 17.7 Å². The van der Waals surface area contributed by atoms with Crippen LogP contribution < -0.4 is 9.47 Å². The predicted octanol–water partition coefficient (Wildman–Crippen LogP) is 3.11. The highest BCUT2D eigenvalue weighted by atomic mass is 16.5. The zero-order valence-electron chi connectivity index (χ0n) is 11.0. The molecule has 0 aliphatic carbocycles. The summed E-state index contributed by atoms with van der Waals surface area (Å²) in [7, 11) is 1.49. The number of hydrogen-bond acceptors (Lipinski definition) is 4. The van der Waals surface area contributed by atoms with Crippen molar-refractivity contribution in [3.8, 4) is 17.2 Å². The second-order valence-electron chi connectivity index (χ2n) is 4.64. The van der Waals surface area contributed by atoms with Gasteiger partial charge in [-0.3, -0.25) is 4.79 Å². The molecule has 0 spiro atoms. The Bertz CT molecular complexity index is 649. The Hall–Kier alpha value is -2.49. The maximum atomic E-state index is 12.3. The molecule has 4 heteroatoms. The smallest absolute Gasteiger partial charge is 0.176 e. The molecular formula is C16H14O4. The molecule has 0 radical (unpaired) electrons. The Morgan fingerprint density at radius 1 is 1.20 bits per heavy atom. The van der Waals surface area contributed by atoms with Crippen molar-refractivity contribution in [3.05, 3.63) is 53.6 Å². The summed E-state index contributed by atoms with van der Waals surface area (Å²) >= 11 is 0. The molecule has 0 aromatic heterocycles. The van der Waals surface area contributed by atoms with Crippen LogP contribution in [0.5, 0.6) is 17.2 Å². The Morgan fingerprint density at radius 2 is 1.95 bits per heavy atom. The van der Waals surface area contributed by atoms with Crippen molar-refractivity contribution in [2.45, 2.75) is 12.5 Å². The fourth-order valence-corrected chi connectivity index (χ4v) is 2.42. The van der Waals surface area contributed by atoms with E-state index in [0.29, 0.717) is 11.3 Å². The first-order valence-electron chi connectivity index (χ1n) is 6.35. The van der Waals surface area contributed by atoms with Gasteiger partial charge in [0.15, 0.2) is 17.3 Å². The molecule has 3 rings (SSSR count). The Balaban J connectivity index is 2.05. The summed E-state index contributed by atoms with van der Waals surface area (Å²) in [5.74, 6) is 0.492. The molecule has 1 unspecified atom stereocenters. The van der Waals surface area contributed by atoms with Crippen molar-refractivity contribution >= 4 is 5.78 Å². The van der Waals surface area contributed by atoms with E-state index in [-0.39, 0.29) is 29.8 Å². The third-order valence-corrected chi connectivity index (χ3v) is 3.40. The van der Waals surface area contributed by atoms with E-state index in [9.17, 15) is 9.90 Å². The van der Waals surface area contributed by atoms with E-state index < -0.39 is 0 Å². The lowest BCUT2D eigenvalue weighted by molar-refractivity contribution is 0.0837. The summed E-state index contributed by atoms with van der Waals surface area (Å²) < 4.78 is 11.0. The molecule has 0 fully saturated rings. The molecule has 1 N–H and O–H groups in total. The van der Waals surface area contributed by atoms with E-state index in [1.165, 1.54) is 13.2 Å². The highest BCUT2D eigenvalue weighted by Crippen LogP contribution is 2.44. The molecule has 1 aliphatic heterocycles. The predicted molar refractivity (Wildman–Crippen MR) is 73.4 cm³/mol. The Morgan fingerprint density at radius 3 is 2.65 bits per heavy atom. The molecule has 2 aromatic carbocycles. The van der Waals surface area contributed by atoms with Crippen molar-refractivity contribution in [2.24, 2.45) is 0 Å². The largest absolute Gasteiger partial charge is 0.504 e. The van der Waals surface area contributed by atoms with E-state index in [0.717, 1.165) is 5.56 Å². The first-order chi connectivity index (χ1) is 9.70. The van der Waals surface area contributed by atoms with Crippen molar-refractivity contribution in [3.63, 3.8) is 0 Å². The first kappa shape index (κ1) is 12.5. The number of ketones is 1. The third kappa shape index (κ3) is 1.99. The fourth-order valence-electron chi connectivity index (χ4n) is 2.42. The lowest BCUT2D eigenvalue weighted by atomic mass is 9.95. The van der Waals surface area contributed by atoms with Gasteiger partial charge in [0.05, 0.1) is 13.5 Å². The molecule has 20 heavy (non-hydrogen) atoms. The number of methoxy groups -OCH3 is 1. The van der Waals surface area contributed by atoms with Gasteiger partial charge in [-0.1, -0.05) is 30.3 Å². The number of Topliss-reactive ketones (excluding diaryl/α,β-unsaturated/α-hetero) is 1. The first-order valence-corrected chi connectivity index (χ1v) is 6.35. The lowest BCUT2D eigenvalue weighted by Gasteiger charge is -2.27. The van der Waals surface area contributed by atoms with Crippen LogP contribution in [0, 0.1) is 0 Å². The maximum Gasteiger partial charge on any atom is 0.176 e. The van der Waals surface area contributed by atoms with Crippen molar-refractivity contribution in [1.29, 1.82) is 0 Å². The minimum Gasteiger partial charge on any atom is -0.504 e. The molecule has 0 bridgehead atoms. The van der Waals surface area contributed by atoms with E-state index in [1.807, 2.05) is 30.3 Å². The molecule has 0 saturated heterocycles. The number of rotatable bonds is 2. The molecule has 1 aliphatic rings. The molecule has 4 nitrogen and oxygen atoms in total. The van der Waals surface area contributed by atoms with Gasteiger partial charge in [-0.15, -0.1) is 0 Å². The molecule has 0 amide bonds. The minimum absolute atomic E-state index is 0.0465. The third-order valence-electron chi connectivity index (χ3n) is 3.40. The van der Waals surface area contributed by atoms with Crippen molar-refractivity contribution in [2.75, 3.05) is 7.11 Å². The van der Waals surface area contributed by atoms with Gasteiger partial charge in [0.2, 0.25) is 0 Å². The molecule has 1 atom stereocenters. The average molecular weight is 270 g/mol. The molecule has 0 saturated carbocycles. The summed E-state index contributed by atoms with van der Waals surface area (Å²) in [4.78, 5) is 12.3. The fraction of sp³-hybridized carbons (Fsp3) is 0.188. The van der Waals surface area contributed by atoms with Crippen LogP contribution in [0.25, 0.3) is 0 Å². The van der Waals surface area contributed by atoms with E-state index in [2.05, 4.69) is 0 Å². The summed E-state index contributed by atoms with van der Waals surface area (Å²) in [5.41, 5.74) is 1.23. The topological polar surface area (TPSA) is 55.8 Å². The quantitative estimate of drug-likeness (QED) is 0.911. The molecule has 2 aromatic rings. The lowest BCUT2D eigenvalue weighted by Crippen LogP contribution is -2.21. The van der Waals surface area contributed by atoms with Crippen LogP contribution in [0.2, 0.25) is 0 Å². The van der Waals surface area contributed by atoms with Crippen molar-refractivity contribution < 1.29 is 19.4 Å². The summed E-state index contributed by atoms with van der Waals surface area (Å²) in [6.07, 6.45) is -0.147. The van der Waals surface area contributed by atoms with Gasteiger partial charge < -0.3 is 14.6 Å². The van der Waals surface area contributed by atoms with E-state index in [1.54, 1.807) is 6.07 Å². The highest BCUT2D eigenvalue weighted by molar-refractivity contribution is 6.03. The zero-order valence-corrected chi connectivity index (χ0v) is 11.0. The molecular weight excluding hydrogens is 256 g/mol. The van der Waals surface area contributed by atoms with Crippen LogP contribution in [0.4, 0.5) is 0 Å². The number of carbonyl (C=O) groups is 1. The van der Waals surface area contributed by atoms with Crippen LogP contribution in [-0.2, 0) is 0 Å². The van der Waals surface area contributed by atoms with Gasteiger partial charge in [0.1, 0.15) is 17.4 Å². The summed E-state index contributed by atoms with van der Waals surface area (Å²) in [6.45, 7) is 0. The number of fused-ring (bicyclic) bond motifs is 1. The summed E-state index contributed by atoms with van der Waals surface area (Å²) in [5, 5.41) is 9.93. The zero-order chi connectivity index (χ0) is 14.1. The second kappa shape index (κ2) is 4.89. The normalized spacial score (nSPS) is 17.2. The average Bonchev–Trinajstić information content (AvgIpc) is 2.49. The van der Waals surface area contributed by atoms with Crippen LogP contribution in [0.1, 0.15) is 28.4 Å². The maximum absolute atomic E-state index is 12.3. The highest BCUT2D eigenvalue weighted by Gasteiger charge is 2.32. The van der Waals surface area contributed by atoms with Crippen molar-refractivity contribution in [1.82, 2.24) is 0 Å². The van der Waals surface area contributed by atoms with Gasteiger partial charge in [-0.25, -0.2) is 0 Å². The Labute approximate surface area is 116 Å². The number of phenolic OH excluding ortho intramolecular Hbond substituents is 1. The van der Waals surface area contributed by atoms with Crippen LogP contribution in [0.15, 0.2) is 42.5 Å². The van der Waals surface area contributed by atoms with Crippen LogP contribution >= 0.6 is 0 Å². The Kier molecular flexibility index (Phi) is 3.06. The second-order valence-corrected chi connectivity index (χ2v) is 4.64. The van der Waals surface area contributed by atoms with Gasteiger partial charge in [0, 0.05) is 0 Å². The van der Waals surface area contributed by atoms with Gasteiger partial charge >= 0.3 is 0 Å². The number of benzene rings is 2. The number of hydrogen-bond donors (Lipinski definition) is 1. The molecule has 102 valence electrons. The number of aromatic hydroxyl groups is 1. The van der Waals surface area contributed by atoms with E-state index >= 15 is 0 Å². The van der Waals surface area contributed by atoms with Gasteiger partial charge in [0.25, 0.3) is 0 Å². The van der Waals surface area contributed by atoms with E-state index in [4.69, 9.17) is 9.47 Å². The summed E-state index contributed by atoms with van der Waals surface area (Å²) in [6, 6.07) is 12.5. The van der Waals surface area contributed by atoms with Crippen LogP contribution in [-0.4, -0.2) is 18.0 Å². The van der Waals surface area contributed by atoms with Gasteiger partial charge in [-0.2, -0.15) is 0 Å². The minimum atomic E-state index is -0.380. The molecule has 1 heterocycles. The van der Waals surface area contributed by atoms with Crippen LogP contribution in [0.3, 0.4) is 0 Å².